The van der Waals surface area contributed by atoms with E-state index in [1.165, 1.54) is 55.7 Å². The van der Waals surface area contributed by atoms with E-state index in [1.807, 2.05) is 24.3 Å². The molecule has 82 heavy (non-hydrogen) atoms. The predicted molar refractivity (Wildman–Crippen MR) is 288 cm³/mol. The Labute approximate surface area is 481 Å². The third-order valence-electron chi connectivity index (χ3n) is 10.6. The number of alkyl halides is 4. The first-order chi connectivity index (χ1) is 37.6. The number of nitrogen functional groups attached to an aromatic ring is 2. The number of β-lactam (4-membered cyclic amide) rings is 2. The molecule has 2 saturated heterocycles. The zero-order valence-corrected chi connectivity index (χ0v) is 49.8. The van der Waals surface area contributed by atoms with E-state index < -0.39 is 140 Å². The van der Waals surface area contributed by atoms with Crippen molar-refractivity contribution in [1.29, 1.82) is 0 Å². The number of hydrogen-bond donors (Lipinski definition) is 5. The number of rotatable bonds is 21. The highest BCUT2D eigenvalue weighted by Crippen LogP contribution is 2.43. The molecule has 4 aromatic rings. The van der Waals surface area contributed by atoms with Crippen molar-refractivity contribution in [2.24, 2.45) is 22.0 Å². The number of amides is 2. The number of hydroxylamine groups is 4. The summed E-state index contributed by atoms with van der Waals surface area (Å²) in [5.74, 6) is -6.53. The number of hydrogen-bond acceptors (Lipinski definition) is 28. The quantitative estimate of drug-likeness (QED) is 0.0146. The minimum atomic E-state index is -5.29. The third-order valence-corrected chi connectivity index (χ3v) is 14.6. The van der Waals surface area contributed by atoms with Crippen molar-refractivity contribution in [2.45, 2.75) is 120 Å². The Balaban J connectivity index is 0.000000285. The topological polar surface area (TPSA) is 414 Å². The number of fused-ring (bicyclic) bond motifs is 1. The number of carbonyl (C=O) groups excluding carboxylic acids is 6. The van der Waals surface area contributed by atoms with Crippen molar-refractivity contribution in [2.75, 3.05) is 38.2 Å². The molecular formula is C44H56F4N10O18S6. The number of anilines is 2. The summed E-state index contributed by atoms with van der Waals surface area (Å²) in [4.78, 5) is 97.6. The molecule has 2 atom stereocenters. The summed E-state index contributed by atoms with van der Waals surface area (Å²) in [5, 5.41) is 10.3. The number of para-hydroxylation sites is 1. The van der Waals surface area contributed by atoms with E-state index >= 15 is 0 Å². The highest BCUT2D eigenvalue weighted by atomic mass is 32.3. The zero-order valence-electron chi connectivity index (χ0n) is 44.9. The van der Waals surface area contributed by atoms with Gasteiger partial charge in [-0.2, -0.15) is 27.0 Å². The number of carbonyl (C=O) groups is 6. The van der Waals surface area contributed by atoms with Gasteiger partial charge in [-0.05, 0) is 93.1 Å². The number of ether oxygens (including phenoxy) is 2. The molecule has 38 heteroatoms. The van der Waals surface area contributed by atoms with Gasteiger partial charge in [0.2, 0.25) is 16.3 Å². The van der Waals surface area contributed by atoms with Crippen LogP contribution in [0.2, 0.25) is 0 Å². The molecule has 2 fully saturated rings. The van der Waals surface area contributed by atoms with Gasteiger partial charge < -0.3 is 36.3 Å². The molecule has 3 aromatic heterocycles. The van der Waals surface area contributed by atoms with Gasteiger partial charge in [-0.15, -0.1) is 42.6 Å². The number of nitrogens with zero attached hydrogens (tertiary/aromatic N) is 7. The number of Topliss-reactive ketones (excluding diaryl/α,β-unsaturated/α-hetero) is 1. The lowest BCUT2D eigenvalue weighted by molar-refractivity contribution is -0.243. The Morgan fingerprint density at radius 3 is 1.52 bits per heavy atom. The fourth-order valence-corrected chi connectivity index (χ4v) is 10.2. The van der Waals surface area contributed by atoms with Gasteiger partial charge >= 0.3 is 32.7 Å². The van der Waals surface area contributed by atoms with Crippen LogP contribution in [0.15, 0.2) is 49.7 Å². The maximum absolute atomic E-state index is 13.8. The zero-order chi connectivity index (χ0) is 62.4. The lowest BCUT2D eigenvalue weighted by Gasteiger charge is -2.51. The first kappa shape index (κ1) is 68.4. The van der Waals surface area contributed by atoms with E-state index in [0.717, 1.165) is 33.3 Å². The fraction of sp³-hybridized carbons (Fsp3) is 0.523. The number of thioether (sulfide) groups is 1. The number of oxime groups is 2. The summed E-state index contributed by atoms with van der Waals surface area (Å²) in [6.45, 7) is 9.70. The number of esters is 2. The lowest BCUT2D eigenvalue weighted by Crippen LogP contribution is -2.79. The van der Waals surface area contributed by atoms with Crippen molar-refractivity contribution in [1.82, 2.24) is 25.1 Å². The molecule has 2 amide bonds. The summed E-state index contributed by atoms with van der Waals surface area (Å²) < 4.78 is 132. The van der Waals surface area contributed by atoms with Gasteiger partial charge in [-0.25, -0.2) is 42.1 Å². The van der Waals surface area contributed by atoms with Crippen LogP contribution in [-0.4, -0.2) is 163 Å². The second-order valence-corrected chi connectivity index (χ2v) is 26.3. The molecule has 1 aromatic carbocycles. The average molecular weight is 1280 g/mol. The molecule has 0 unspecified atom stereocenters. The second-order valence-electron chi connectivity index (χ2n) is 20.2. The van der Waals surface area contributed by atoms with Gasteiger partial charge in [0.05, 0.1) is 16.1 Å². The van der Waals surface area contributed by atoms with Gasteiger partial charge in [0.1, 0.15) is 60.9 Å². The van der Waals surface area contributed by atoms with Crippen LogP contribution in [-0.2, 0) is 77.3 Å². The van der Waals surface area contributed by atoms with E-state index in [2.05, 4.69) is 33.8 Å². The first-order valence-corrected chi connectivity index (χ1v) is 29.3. The standard InChI is InChI=1S/C20H22N4O4S3.C19H26F2N4O9S2.C5H8F2N2O5S/c1-19(2,3)27-16(26)20(4,5)28-24-14(12-10-29-17(21)22-12)15(25)31-18-23-11-8-6-7-9-13(11)30-18;1-17(2,3)32-15(28)18(4,5)33-24-13(11-7-35-16(22)23-11)12(26)6-10-14(27)25(34-36(29,30)31)19(10,8-20)9-21;6-1-5(2-7)3(8)4(10)9(5)14-15(11,12)13/h6-10H,1-5H3,(H2,21,22);7,10H,6,8-9H2,1-5H3,(H2,22,23)(H,29,30,31);3H,1-2,8H2,(H,11,12,13)/b24-14-;24-13-;/t;10-;3-/m.11/s1. The van der Waals surface area contributed by atoms with Crippen LogP contribution in [0.5, 0.6) is 0 Å². The maximum atomic E-state index is 13.8. The number of aromatic nitrogens is 3. The molecule has 0 bridgehead atoms. The van der Waals surface area contributed by atoms with Crippen LogP contribution < -0.4 is 17.2 Å². The number of benzene rings is 1. The van der Waals surface area contributed by atoms with Crippen LogP contribution in [0.25, 0.3) is 10.2 Å². The summed E-state index contributed by atoms with van der Waals surface area (Å²) in [5.41, 5.74) is 7.51. The normalized spacial score (nSPS) is 17.6. The SMILES string of the molecule is CC(C)(C)OC(=O)C(C)(C)O/N=C(\C(=O)C[C@@H]1C(=O)N(OS(=O)(=O)O)C1(CF)CF)c1csc(N)n1.CC(C)(C)OC(=O)C(C)(C)O/N=C(\C(=O)Sc1nc2ccccc2s1)c1csc(N)n1.N[C@@H]1C(=O)N(OS(=O)(=O)O)C1(CF)CF. The highest BCUT2D eigenvalue weighted by Gasteiger charge is 2.64. The molecule has 28 nitrogen and oxygen atoms in total. The van der Waals surface area contributed by atoms with Gasteiger partial charge in [0.25, 0.3) is 11.8 Å². The van der Waals surface area contributed by atoms with E-state index in [9.17, 15) is 63.2 Å². The highest BCUT2D eigenvalue weighted by molar-refractivity contribution is 8.16. The molecule has 0 radical (unpaired) electrons. The van der Waals surface area contributed by atoms with Crippen LogP contribution >= 0.6 is 45.8 Å². The van der Waals surface area contributed by atoms with Crippen molar-refractivity contribution in [3.63, 3.8) is 0 Å². The third kappa shape index (κ3) is 17.2. The van der Waals surface area contributed by atoms with Crippen molar-refractivity contribution < 1.29 is 100.0 Å². The monoisotopic (exact) mass is 1280 g/mol. The van der Waals surface area contributed by atoms with Gasteiger partial charge in [-0.1, -0.05) is 22.4 Å². The summed E-state index contributed by atoms with van der Waals surface area (Å²) in [6, 6.07) is 6.08. The number of nitrogens with two attached hydrogens (primary N) is 3. The molecule has 6 rings (SSSR count). The van der Waals surface area contributed by atoms with Gasteiger partial charge in [0, 0.05) is 17.2 Å². The maximum Gasteiger partial charge on any atom is 0.418 e. The molecule has 0 spiro atoms. The van der Waals surface area contributed by atoms with E-state index in [-0.39, 0.29) is 37.5 Å². The van der Waals surface area contributed by atoms with Crippen LogP contribution in [0.3, 0.4) is 0 Å². The molecule has 5 heterocycles. The Bertz CT molecular complexity index is 3290. The fourth-order valence-electron chi connectivity index (χ4n) is 6.35. The van der Waals surface area contributed by atoms with E-state index in [0.29, 0.717) is 4.34 Å². The molecule has 2 aliphatic heterocycles. The Hall–Kier alpha value is -6.10. The molecule has 0 aliphatic carbocycles. The van der Waals surface area contributed by atoms with Gasteiger partial charge in [-0.3, -0.25) is 28.3 Å². The van der Waals surface area contributed by atoms with Crippen molar-refractivity contribution in [3.05, 3.63) is 46.4 Å². The molecule has 454 valence electrons. The Morgan fingerprint density at radius 2 is 1.12 bits per heavy atom. The van der Waals surface area contributed by atoms with Crippen LogP contribution in [0.4, 0.5) is 27.8 Å². The first-order valence-electron chi connectivity index (χ1n) is 23.1. The number of ketones is 1. The second kappa shape index (κ2) is 26.2. The Kier molecular flexibility index (Phi) is 21.9. The van der Waals surface area contributed by atoms with Crippen molar-refractivity contribution in [3.8, 4) is 0 Å². The largest absolute Gasteiger partial charge is 0.457 e. The smallest absolute Gasteiger partial charge is 0.418 e. The summed E-state index contributed by atoms with van der Waals surface area (Å²) in [7, 11) is -10.3. The Morgan fingerprint density at radius 1 is 0.695 bits per heavy atom. The lowest BCUT2D eigenvalue weighted by atomic mass is 9.73. The molecule has 8 N–H and O–H groups in total. The average Bonchev–Trinajstić information content (AvgIpc) is 3.67. The molecular weight excluding hydrogens is 1220 g/mol. The minimum absolute atomic E-state index is 0.0335. The van der Waals surface area contributed by atoms with Crippen LogP contribution in [0, 0.1) is 5.92 Å². The summed E-state index contributed by atoms with van der Waals surface area (Å²) >= 11 is 4.41. The minimum Gasteiger partial charge on any atom is -0.457 e. The molecule has 0 saturated carbocycles. The molecule has 2 aliphatic rings. The van der Waals surface area contributed by atoms with Crippen molar-refractivity contribution >= 4 is 133 Å². The number of thiazole rings is 3. The van der Waals surface area contributed by atoms with Crippen LogP contribution in [0.1, 0.15) is 87.0 Å². The summed E-state index contributed by atoms with van der Waals surface area (Å²) in [6.07, 6.45) is -0.871. The van der Waals surface area contributed by atoms with Gasteiger partial charge in [0.15, 0.2) is 37.3 Å². The van der Waals surface area contributed by atoms with E-state index in [4.69, 9.17) is 45.5 Å². The number of halogens is 4. The predicted octanol–water partition coefficient (Wildman–Crippen LogP) is 4.46. The van der Waals surface area contributed by atoms with E-state index in [1.54, 1.807) is 46.9 Å².